The molecule has 3 saturated carbocycles. The van der Waals surface area contributed by atoms with Crippen molar-refractivity contribution in [2.75, 3.05) is 7.11 Å². The predicted molar refractivity (Wildman–Crippen MR) is 154 cm³/mol. The molecule has 6 N–H and O–H groups in total. The van der Waals surface area contributed by atoms with Crippen molar-refractivity contribution in [1.29, 1.82) is 0 Å². The van der Waals surface area contributed by atoms with Crippen LogP contribution in [0.2, 0.25) is 0 Å². The smallest absolute Gasteiger partial charge is 0.301 e. The molecule has 14 heteroatoms. The molecule has 5 fully saturated rings. The zero-order chi connectivity index (χ0) is 31.9. The number of nitrogens with zero attached hydrogens (tertiary/aromatic N) is 2. The van der Waals surface area contributed by atoms with Crippen LogP contribution in [-0.2, 0) is 23.7 Å². The number of carboxylic acids is 1. The monoisotopic (exact) mass is 639 g/mol. The second-order valence-corrected chi connectivity index (χ2v) is 13.7. The Hall–Kier alpha value is -1.56. The summed E-state index contributed by atoms with van der Waals surface area (Å²) in [5.41, 5.74) is -2.49. The summed E-state index contributed by atoms with van der Waals surface area (Å²) >= 11 is 0. The van der Waals surface area contributed by atoms with Gasteiger partial charge in [-0.3, -0.25) is 5.32 Å². The summed E-state index contributed by atoms with van der Waals surface area (Å²) in [6, 6.07) is 0.181. The molecule has 3 aliphatic carbocycles. The highest BCUT2D eigenvalue weighted by Gasteiger charge is 2.61. The van der Waals surface area contributed by atoms with E-state index in [4.69, 9.17) is 23.7 Å². The Morgan fingerprint density at radius 1 is 1.07 bits per heavy atom. The molecule has 0 amide bonds. The fourth-order valence-corrected chi connectivity index (χ4v) is 8.51. The fourth-order valence-electron chi connectivity index (χ4n) is 8.51. The predicted octanol–water partition coefficient (Wildman–Crippen LogP) is -1.26. The van der Waals surface area contributed by atoms with Crippen molar-refractivity contribution in [3.05, 3.63) is 18.0 Å². The van der Waals surface area contributed by atoms with Crippen LogP contribution in [-0.4, -0.2) is 129 Å². The fraction of sp³-hybridized carbons (Fsp3) is 0.871. The molecular formula is C31H47N2O12+. The summed E-state index contributed by atoms with van der Waals surface area (Å²) in [5, 5.41) is 71.7. The number of carboxylic acid groups (broad SMARTS) is 1. The summed E-state index contributed by atoms with van der Waals surface area (Å²) in [7, 11) is 1.38. The topological polar surface area (TPSA) is 217 Å². The molecule has 0 spiro atoms. The maximum Gasteiger partial charge on any atom is 0.301 e. The second kappa shape index (κ2) is 13.9. The average molecular weight is 640 g/mol. The Kier molecular flexibility index (Phi) is 10.3. The molecule has 45 heavy (non-hydrogen) atoms. The molecule has 6 rings (SSSR count). The van der Waals surface area contributed by atoms with Crippen molar-refractivity contribution in [3.63, 3.8) is 0 Å². The van der Waals surface area contributed by atoms with E-state index < -0.39 is 79.0 Å². The molecule has 0 bridgehead atoms. The SMILES string of the molecule is COC1C(OC2OC(C(=O)[O-])C(O)(C[C+]3C=N[CH+][N-]3)C(O)C2O)CC2[OH+]C(C3CCC(OC4CCCC4)CC3)CC(O)C2C1O. The summed E-state index contributed by atoms with van der Waals surface area (Å²) in [4.78, 5) is 15.9. The summed E-state index contributed by atoms with van der Waals surface area (Å²) in [6.07, 6.45) is -1.52. The van der Waals surface area contributed by atoms with Gasteiger partial charge in [0, 0.05) is 25.9 Å². The number of aliphatic hydroxyl groups is 7. The molecule has 14 nitrogen and oxygen atoms in total. The minimum absolute atomic E-state index is 0.101. The van der Waals surface area contributed by atoms with E-state index in [1.165, 1.54) is 32.8 Å². The van der Waals surface area contributed by atoms with Crippen molar-refractivity contribution in [1.82, 2.24) is 0 Å². The number of aliphatic hydroxyl groups excluding tert-OH is 4. The van der Waals surface area contributed by atoms with Crippen molar-refractivity contribution >= 4 is 12.2 Å². The lowest BCUT2D eigenvalue weighted by Crippen LogP contribution is -2.71. The van der Waals surface area contributed by atoms with Gasteiger partial charge in [0.2, 0.25) is 0 Å². The molecule has 6 aliphatic rings. The second-order valence-electron chi connectivity index (χ2n) is 13.7. The van der Waals surface area contributed by atoms with E-state index in [1.807, 2.05) is 0 Å². The van der Waals surface area contributed by atoms with Crippen molar-refractivity contribution in [2.45, 2.75) is 150 Å². The Balaban J connectivity index is 1.11. The molecule has 3 heterocycles. The number of hydrogen-bond acceptors (Lipinski definition) is 12. The van der Waals surface area contributed by atoms with Gasteiger partial charge in [-0.1, -0.05) is 17.8 Å². The van der Waals surface area contributed by atoms with Crippen LogP contribution in [0.15, 0.2) is 4.99 Å². The normalized spacial score (nSPS) is 47.4. The highest BCUT2D eigenvalue weighted by atomic mass is 16.7. The first-order valence-corrected chi connectivity index (χ1v) is 16.3. The summed E-state index contributed by atoms with van der Waals surface area (Å²) in [5.74, 6) is -2.13. The minimum Gasteiger partial charge on any atom is -0.547 e. The molecule has 252 valence electrons. The molecule has 0 aromatic carbocycles. The zero-order valence-electron chi connectivity index (χ0n) is 25.5. The number of aliphatic imine (C=N–C) groups is 1. The number of methoxy groups -OCH3 is 1. The van der Waals surface area contributed by atoms with Gasteiger partial charge in [-0.25, -0.2) is 0 Å². The van der Waals surface area contributed by atoms with Crippen molar-refractivity contribution < 1.29 is 59.1 Å². The Bertz CT molecular complexity index is 1040. The number of fused-ring (bicyclic) bond motifs is 1. The summed E-state index contributed by atoms with van der Waals surface area (Å²) in [6.45, 7) is 1.20. The summed E-state index contributed by atoms with van der Waals surface area (Å²) < 4.78 is 28.6. The van der Waals surface area contributed by atoms with Gasteiger partial charge in [0.05, 0.1) is 49.1 Å². The van der Waals surface area contributed by atoms with E-state index in [9.17, 15) is 35.4 Å². The molecule has 12 atom stereocenters. The maximum absolute atomic E-state index is 12.1. The van der Waals surface area contributed by atoms with E-state index in [2.05, 4.69) is 10.3 Å². The van der Waals surface area contributed by atoms with Gasteiger partial charge in [0.1, 0.15) is 30.8 Å². The third-order valence-corrected chi connectivity index (χ3v) is 10.9. The minimum atomic E-state index is -2.49. The van der Waals surface area contributed by atoms with Crippen molar-refractivity contribution in [3.8, 4) is 0 Å². The first-order chi connectivity index (χ1) is 21.6. The first-order valence-electron chi connectivity index (χ1n) is 16.3. The Morgan fingerprint density at radius 2 is 1.78 bits per heavy atom. The highest BCUT2D eigenvalue weighted by molar-refractivity contribution is 5.82. The molecule has 0 aromatic heterocycles. The lowest BCUT2D eigenvalue weighted by Gasteiger charge is -2.51. The van der Waals surface area contributed by atoms with Crippen LogP contribution >= 0.6 is 0 Å². The molecule has 3 aliphatic heterocycles. The van der Waals surface area contributed by atoms with Gasteiger partial charge in [-0.2, -0.15) is 0 Å². The van der Waals surface area contributed by atoms with E-state index >= 15 is 0 Å². The highest BCUT2D eigenvalue weighted by Crippen LogP contribution is 2.44. The third-order valence-electron chi connectivity index (χ3n) is 10.9. The Labute approximate surface area is 263 Å². The number of hydrogen-bond donors (Lipinski definition) is 5. The third kappa shape index (κ3) is 6.74. The van der Waals surface area contributed by atoms with Gasteiger partial charge >= 0.3 is 6.21 Å². The maximum atomic E-state index is 12.1. The van der Waals surface area contributed by atoms with Crippen LogP contribution in [0.1, 0.15) is 70.6 Å². The number of rotatable bonds is 9. The van der Waals surface area contributed by atoms with Crippen LogP contribution in [0.25, 0.3) is 5.32 Å². The lowest BCUT2D eigenvalue weighted by atomic mass is 9.71. The lowest BCUT2D eigenvalue weighted by molar-refractivity contribution is -0.379. The quantitative estimate of drug-likeness (QED) is 0.148. The molecule has 2 saturated heterocycles. The van der Waals surface area contributed by atoms with E-state index in [0.717, 1.165) is 38.5 Å². The number of carbonyl (C=O) groups is 1. The van der Waals surface area contributed by atoms with Crippen LogP contribution in [0.3, 0.4) is 0 Å². The Morgan fingerprint density at radius 3 is 2.42 bits per heavy atom. The number of aliphatic carboxylic acids is 1. The van der Waals surface area contributed by atoms with Crippen molar-refractivity contribution in [2.24, 2.45) is 16.8 Å². The van der Waals surface area contributed by atoms with Gasteiger partial charge in [-0.05, 0) is 38.5 Å². The molecule has 0 aromatic rings. The van der Waals surface area contributed by atoms with E-state index in [0.29, 0.717) is 12.5 Å². The van der Waals surface area contributed by atoms with E-state index in [-0.39, 0.29) is 30.6 Å². The standard InChI is InChI=1S/C31H46N2O12/c1-41-26-22(44-30-25(36)27(37)31(40,28(45-30)29(38)39)12-16-13-32-14-33-16)11-21-23(24(26)35)19(34)10-20(43-21)15-6-8-18(9-7-15)42-17-4-2-3-5-17/h13-15,17-28,30,34-37,40H,2-12H2,1H3/p+1. The molecule has 0 radical (unpaired) electrons. The van der Waals surface area contributed by atoms with Crippen LogP contribution < -0.4 is 5.11 Å². The number of ether oxygens (including phenoxy) is 5. The largest absolute Gasteiger partial charge is 0.547 e. The average Bonchev–Trinajstić information content (AvgIpc) is 3.72. The molecular weight excluding hydrogens is 592 g/mol. The number of carbonyl (C=O) groups excluding carboxylic acids is 1. The van der Waals surface area contributed by atoms with Gasteiger partial charge in [-0.15, -0.1) is 0 Å². The first kappa shape index (κ1) is 33.3. The zero-order valence-corrected chi connectivity index (χ0v) is 25.5. The van der Waals surface area contributed by atoms with Gasteiger partial charge < -0.3 is 59.1 Å². The van der Waals surface area contributed by atoms with Gasteiger partial charge in [0.25, 0.3) is 0 Å². The van der Waals surface area contributed by atoms with Gasteiger partial charge in [0.15, 0.2) is 30.1 Å². The van der Waals surface area contributed by atoms with Crippen LogP contribution in [0.4, 0.5) is 0 Å². The van der Waals surface area contributed by atoms with Crippen LogP contribution in [0, 0.1) is 24.5 Å². The van der Waals surface area contributed by atoms with Crippen LogP contribution in [0.5, 0.6) is 0 Å². The van der Waals surface area contributed by atoms with E-state index in [1.54, 1.807) is 0 Å². The molecule has 12 unspecified atom stereocenters.